The van der Waals surface area contributed by atoms with Gasteiger partial charge in [-0.3, -0.25) is 0 Å². The third kappa shape index (κ3) is 1.70. The van der Waals surface area contributed by atoms with Crippen LogP contribution < -0.4 is 0 Å². The first-order chi connectivity index (χ1) is 6.40. The van der Waals surface area contributed by atoms with Gasteiger partial charge < -0.3 is 9.72 Å². The number of methoxy groups -OCH3 is 1. The first kappa shape index (κ1) is 8.26. The van der Waals surface area contributed by atoms with E-state index < -0.39 is 0 Å². The number of ether oxygens (including phenoxy) is 1. The van der Waals surface area contributed by atoms with Gasteiger partial charge in [0.1, 0.15) is 0 Å². The molecule has 1 heterocycles. The van der Waals surface area contributed by atoms with Crippen molar-refractivity contribution < 1.29 is 4.74 Å². The lowest BCUT2D eigenvalue weighted by Crippen LogP contribution is -1.93. The quantitative estimate of drug-likeness (QED) is 0.773. The van der Waals surface area contributed by atoms with Gasteiger partial charge in [-0.05, 0) is 24.1 Å². The standard InChI is InChI=1S/C10H12N2O/c1-13-5-4-8-2-3-9-10(6-8)12-7-11-9/h2-3,6-7H,4-5H2,1H3,(H,11,12). The van der Waals surface area contributed by atoms with Crippen LogP contribution >= 0.6 is 0 Å². The molecule has 3 nitrogen and oxygen atoms in total. The normalized spacial score (nSPS) is 10.8. The van der Waals surface area contributed by atoms with Gasteiger partial charge in [-0.1, -0.05) is 6.07 Å². The molecule has 0 fully saturated rings. The largest absolute Gasteiger partial charge is 0.384 e. The van der Waals surface area contributed by atoms with Gasteiger partial charge in [0.2, 0.25) is 0 Å². The van der Waals surface area contributed by atoms with Crippen LogP contribution in [-0.2, 0) is 11.2 Å². The number of aromatic amines is 1. The molecule has 0 saturated heterocycles. The topological polar surface area (TPSA) is 37.9 Å². The van der Waals surface area contributed by atoms with Gasteiger partial charge in [-0.2, -0.15) is 0 Å². The molecule has 2 rings (SSSR count). The van der Waals surface area contributed by atoms with Crippen molar-refractivity contribution in [3.05, 3.63) is 30.1 Å². The summed E-state index contributed by atoms with van der Waals surface area (Å²) in [7, 11) is 1.72. The maximum Gasteiger partial charge on any atom is 0.0931 e. The number of rotatable bonds is 3. The molecule has 13 heavy (non-hydrogen) atoms. The highest BCUT2D eigenvalue weighted by Gasteiger charge is 1.97. The molecule has 0 aliphatic rings. The third-order valence-corrected chi connectivity index (χ3v) is 2.08. The van der Waals surface area contributed by atoms with E-state index >= 15 is 0 Å². The van der Waals surface area contributed by atoms with Crippen molar-refractivity contribution in [3.8, 4) is 0 Å². The summed E-state index contributed by atoms with van der Waals surface area (Å²) < 4.78 is 5.01. The van der Waals surface area contributed by atoms with Gasteiger partial charge in [-0.25, -0.2) is 4.98 Å². The zero-order valence-corrected chi connectivity index (χ0v) is 7.58. The molecule has 0 aliphatic heterocycles. The number of nitrogens with one attached hydrogen (secondary N) is 1. The third-order valence-electron chi connectivity index (χ3n) is 2.08. The minimum absolute atomic E-state index is 0.764. The lowest BCUT2D eigenvalue weighted by Gasteiger charge is -1.99. The fourth-order valence-electron chi connectivity index (χ4n) is 1.36. The van der Waals surface area contributed by atoms with Crippen molar-refractivity contribution in [3.63, 3.8) is 0 Å². The van der Waals surface area contributed by atoms with Gasteiger partial charge in [0, 0.05) is 7.11 Å². The van der Waals surface area contributed by atoms with Crippen molar-refractivity contribution in [1.82, 2.24) is 9.97 Å². The average Bonchev–Trinajstić information content (AvgIpc) is 2.61. The minimum atomic E-state index is 0.764. The molecule has 0 spiro atoms. The first-order valence-electron chi connectivity index (χ1n) is 4.31. The number of hydrogen-bond acceptors (Lipinski definition) is 2. The predicted molar refractivity (Wildman–Crippen MR) is 51.7 cm³/mol. The molecule has 0 aliphatic carbocycles. The number of hydrogen-bond donors (Lipinski definition) is 1. The summed E-state index contributed by atoms with van der Waals surface area (Å²) in [5.74, 6) is 0. The average molecular weight is 176 g/mol. The number of aromatic nitrogens is 2. The molecule has 3 heteroatoms. The fraction of sp³-hybridized carbons (Fsp3) is 0.300. The molecule has 0 saturated carbocycles. The van der Waals surface area contributed by atoms with Gasteiger partial charge in [-0.15, -0.1) is 0 Å². The lowest BCUT2D eigenvalue weighted by molar-refractivity contribution is 0.202. The Kier molecular flexibility index (Phi) is 2.27. The summed E-state index contributed by atoms with van der Waals surface area (Å²) in [6.07, 6.45) is 2.66. The molecular formula is C10H12N2O. The van der Waals surface area contributed by atoms with Crippen LogP contribution in [-0.4, -0.2) is 23.7 Å². The van der Waals surface area contributed by atoms with Crippen LogP contribution in [0.25, 0.3) is 11.0 Å². The molecule has 68 valence electrons. The van der Waals surface area contributed by atoms with Crippen LogP contribution in [0.1, 0.15) is 5.56 Å². The zero-order chi connectivity index (χ0) is 9.10. The van der Waals surface area contributed by atoms with Crippen molar-refractivity contribution >= 4 is 11.0 Å². The first-order valence-corrected chi connectivity index (χ1v) is 4.31. The second kappa shape index (κ2) is 3.58. The molecule has 1 aromatic heterocycles. The summed E-state index contributed by atoms with van der Waals surface area (Å²) in [5.41, 5.74) is 3.38. The Bertz CT molecular complexity index is 394. The van der Waals surface area contributed by atoms with Crippen molar-refractivity contribution in [1.29, 1.82) is 0 Å². The minimum Gasteiger partial charge on any atom is -0.384 e. The van der Waals surface area contributed by atoms with Gasteiger partial charge in [0.05, 0.1) is 24.0 Å². The van der Waals surface area contributed by atoms with Crippen LogP contribution in [0.4, 0.5) is 0 Å². The van der Waals surface area contributed by atoms with Crippen molar-refractivity contribution in [2.75, 3.05) is 13.7 Å². The summed E-state index contributed by atoms with van der Waals surface area (Å²) >= 11 is 0. The number of nitrogens with zero attached hydrogens (tertiary/aromatic N) is 1. The van der Waals surface area contributed by atoms with E-state index in [9.17, 15) is 0 Å². The van der Waals surface area contributed by atoms with Crippen molar-refractivity contribution in [2.24, 2.45) is 0 Å². The molecule has 2 aromatic rings. The number of fused-ring (bicyclic) bond motifs is 1. The van der Waals surface area contributed by atoms with E-state index in [-0.39, 0.29) is 0 Å². The van der Waals surface area contributed by atoms with E-state index in [0.717, 1.165) is 24.1 Å². The van der Waals surface area contributed by atoms with Gasteiger partial charge in [0.25, 0.3) is 0 Å². The highest BCUT2D eigenvalue weighted by Crippen LogP contribution is 2.11. The summed E-state index contributed by atoms with van der Waals surface area (Å²) in [6.45, 7) is 0.764. The smallest absolute Gasteiger partial charge is 0.0931 e. The highest BCUT2D eigenvalue weighted by atomic mass is 16.5. The van der Waals surface area contributed by atoms with E-state index in [1.54, 1.807) is 13.4 Å². The lowest BCUT2D eigenvalue weighted by atomic mass is 10.1. The van der Waals surface area contributed by atoms with E-state index in [2.05, 4.69) is 22.1 Å². The van der Waals surface area contributed by atoms with E-state index in [1.165, 1.54) is 5.56 Å². The van der Waals surface area contributed by atoms with Crippen LogP contribution in [0, 0.1) is 0 Å². The Morgan fingerprint density at radius 1 is 1.46 bits per heavy atom. The maximum absolute atomic E-state index is 5.01. The molecule has 0 amide bonds. The Hall–Kier alpha value is -1.35. The molecule has 0 atom stereocenters. The molecule has 0 bridgehead atoms. The Balaban J connectivity index is 2.26. The van der Waals surface area contributed by atoms with Crippen LogP contribution in [0.3, 0.4) is 0 Å². The molecule has 0 unspecified atom stereocenters. The molecule has 0 radical (unpaired) electrons. The van der Waals surface area contributed by atoms with E-state index in [1.807, 2.05) is 6.07 Å². The second-order valence-corrected chi connectivity index (χ2v) is 3.00. The summed E-state index contributed by atoms with van der Waals surface area (Å²) in [4.78, 5) is 7.24. The second-order valence-electron chi connectivity index (χ2n) is 3.00. The van der Waals surface area contributed by atoms with Gasteiger partial charge >= 0.3 is 0 Å². The molecular weight excluding hydrogens is 164 g/mol. The van der Waals surface area contributed by atoms with Crippen LogP contribution in [0.5, 0.6) is 0 Å². The Morgan fingerprint density at radius 2 is 2.38 bits per heavy atom. The monoisotopic (exact) mass is 176 g/mol. The Labute approximate surface area is 76.8 Å². The molecule has 1 N–H and O–H groups in total. The number of imidazole rings is 1. The fourth-order valence-corrected chi connectivity index (χ4v) is 1.36. The van der Waals surface area contributed by atoms with Gasteiger partial charge in [0.15, 0.2) is 0 Å². The summed E-state index contributed by atoms with van der Waals surface area (Å²) in [6, 6.07) is 6.22. The van der Waals surface area contributed by atoms with Crippen LogP contribution in [0.15, 0.2) is 24.5 Å². The molecule has 1 aromatic carbocycles. The van der Waals surface area contributed by atoms with Crippen molar-refractivity contribution in [2.45, 2.75) is 6.42 Å². The highest BCUT2D eigenvalue weighted by molar-refractivity contribution is 5.74. The summed E-state index contributed by atoms with van der Waals surface area (Å²) in [5, 5.41) is 0. The van der Waals surface area contributed by atoms with E-state index in [0.29, 0.717) is 0 Å². The van der Waals surface area contributed by atoms with Crippen LogP contribution in [0.2, 0.25) is 0 Å². The number of H-pyrrole nitrogens is 1. The Morgan fingerprint density at radius 3 is 3.23 bits per heavy atom. The number of benzene rings is 1. The predicted octanol–water partition coefficient (Wildman–Crippen LogP) is 1.75. The maximum atomic E-state index is 5.01. The SMILES string of the molecule is COCCc1ccc2nc[nH]c2c1. The zero-order valence-electron chi connectivity index (χ0n) is 7.58. The van der Waals surface area contributed by atoms with E-state index in [4.69, 9.17) is 4.74 Å².